The summed E-state index contributed by atoms with van der Waals surface area (Å²) in [6, 6.07) is 7.18. The number of allylic oxidation sites excluding steroid dienone is 2. The summed E-state index contributed by atoms with van der Waals surface area (Å²) >= 11 is 0. The van der Waals surface area contributed by atoms with Crippen LogP contribution in [0.2, 0.25) is 0 Å². The summed E-state index contributed by atoms with van der Waals surface area (Å²) in [5.41, 5.74) is 0.589. The Hall–Kier alpha value is -2.63. The first kappa shape index (κ1) is 17.2. The maximum absolute atomic E-state index is 12.4. The lowest BCUT2D eigenvalue weighted by Crippen LogP contribution is -2.34. The normalized spacial score (nSPS) is 22.0. The zero-order chi connectivity index (χ0) is 17.8. The number of carbonyl (C=O) groups is 3. The van der Waals surface area contributed by atoms with Crippen LogP contribution in [0.5, 0.6) is 5.75 Å². The molecule has 2 atom stereocenters. The van der Waals surface area contributed by atoms with Crippen LogP contribution in [0.1, 0.15) is 26.2 Å². The molecule has 0 spiro atoms. The molecular formula is C19H22N2O4. The molecule has 3 rings (SSSR count). The Morgan fingerprint density at radius 1 is 1.16 bits per heavy atom. The highest BCUT2D eigenvalue weighted by Crippen LogP contribution is 2.35. The van der Waals surface area contributed by atoms with Gasteiger partial charge in [0, 0.05) is 13.0 Å². The Bertz CT molecular complexity index is 687. The van der Waals surface area contributed by atoms with E-state index in [0.29, 0.717) is 30.9 Å². The van der Waals surface area contributed by atoms with Crippen LogP contribution in [-0.4, -0.2) is 35.8 Å². The number of benzene rings is 1. The average molecular weight is 342 g/mol. The minimum absolute atomic E-state index is 0.0742. The summed E-state index contributed by atoms with van der Waals surface area (Å²) in [4.78, 5) is 38.2. The van der Waals surface area contributed by atoms with Crippen molar-refractivity contribution in [3.63, 3.8) is 0 Å². The number of ether oxygens (including phenoxy) is 1. The maximum atomic E-state index is 12.4. The molecule has 0 aromatic heterocycles. The number of imide groups is 1. The molecule has 0 bridgehead atoms. The molecule has 1 aromatic rings. The van der Waals surface area contributed by atoms with Gasteiger partial charge < -0.3 is 10.1 Å². The Morgan fingerprint density at radius 3 is 2.44 bits per heavy atom. The van der Waals surface area contributed by atoms with Gasteiger partial charge in [0.1, 0.15) is 5.75 Å². The van der Waals surface area contributed by atoms with Crippen LogP contribution in [0.25, 0.3) is 0 Å². The molecule has 2 aliphatic rings. The molecule has 1 saturated heterocycles. The van der Waals surface area contributed by atoms with Crippen molar-refractivity contribution in [3.05, 3.63) is 36.4 Å². The molecule has 1 aliphatic carbocycles. The van der Waals surface area contributed by atoms with Gasteiger partial charge in [0.25, 0.3) is 0 Å². The van der Waals surface area contributed by atoms with Crippen LogP contribution in [0.15, 0.2) is 36.4 Å². The van der Waals surface area contributed by atoms with E-state index in [1.807, 2.05) is 31.2 Å². The third-order valence-corrected chi connectivity index (χ3v) is 4.62. The largest absolute Gasteiger partial charge is 0.492 e. The van der Waals surface area contributed by atoms with E-state index < -0.39 is 0 Å². The van der Waals surface area contributed by atoms with Crippen molar-refractivity contribution in [2.24, 2.45) is 11.8 Å². The van der Waals surface area contributed by atoms with Crippen LogP contribution in [0, 0.1) is 11.8 Å². The molecule has 1 aromatic carbocycles. The van der Waals surface area contributed by atoms with Crippen molar-refractivity contribution in [2.45, 2.75) is 26.2 Å². The van der Waals surface area contributed by atoms with Crippen molar-refractivity contribution in [2.75, 3.05) is 18.5 Å². The second kappa shape index (κ2) is 7.51. The number of para-hydroxylation sites is 2. The van der Waals surface area contributed by atoms with Gasteiger partial charge >= 0.3 is 0 Å². The van der Waals surface area contributed by atoms with E-state index in [2.05, 4.69) is 5.32 Å². The molecule has 6 nitrogen and oxygen atoms in total. The SMILES string of the molecule is CCOc1ccccc1NC(=O)CCN1C(=O)[C@H]2CC=CC[C@@H]2C1=O. The van der Waals surface area contributed by atoms with Gasteiger partial charge in [-0.15, -0.1) is 0 Å². The summed E-state index contributed by atoms with van der Waals surface area (Å²) in [5.74, 6) is -0.452. The van der Waals surface area contributed by atoms with Crippen molar-refractivity contribution < 1.29 is 19.1 Å². The third-order valence-electron chi connectivity index (χ3n) is 4.62. The third kappa shape index (κ3) is 3.57. The maximum Gasteiger partial charge on any atom is 0.233 e. The Balaban J connectivity index is 1.58. The molecule has 1 aliphatic heterocycles. The fourth-order valence-corrected chi connectivity index (χ4v) is 3.37. The number of anilines is 1. The van der Waals surface area contributed by atoms with E-state index in [-0.39, 0.29) is 42.5 Å². The number of fused-ring (bicyclic) bond motifs is 1. The Labute approximate surface area is 146 Å². The van der Waals surface area contributed by atoms with Gasteiger partial charge in [-0.3, -0.25) is 19.3 Å². The van der Waals surface area contributed by atoms with Crippen LogP contribution in [-0.2, 0) is 14.4 Å². The predicted octanol–water partition coefficient (Wildman–Crippen LogP) is 2.37. The van der Waals surface area contributed by atoms with Gasteiger partial charge in [-0.05, 0) is 31.9 Å². The number of carbonyl (C=O) groups excluding carboxylic acids is 3. The van der Waals surface area contributed by atoms with Gasteiger partial charge in [-0.25, -0.2) is 0 Å². The number of hydrogen-bond donors (Lipinski definition) is 1. The molecule has 6 heteroatoms. The van der Waals surface area contributed by atoms with E-state index >= 15 is 0 Å². The van der Waals surface area contributed by atoms with Crippen LogP contribution in [0.4, 0.5) is 5.69 Å². The standard InChI is InChI=1S/C19H22N2O4/c1-2-25-16-10-6-5-9-15(16)20-17(22)11-12-21-18(23)13-7-3-4-8-14(13)19(21)24/h3-6,9-10,13-14H,2,7-8,11-12H2,1H3,(H,20,22)/t13-,14-/m0/s1. The summed E-state index contributed by atoms with van der Waals surface area (Å²) in [6.07, 6.45) is 5.20. The molecule has 0 saturated carbocycles. The van der Waals surface area contributed by atoms with E-state index in [9.17, 15) is 14.4 Å². The average Bonchev–Trinajstić information content (AvgIpc) is 2.86. The van der Waals surface area contributed by atoms with Gasteiger partial charge in [0.15, 0.2) is 0 Å². The molecule has 3 amide bonds. The quantitative estimate of drug-likeness (QED) is 0.636. The number of nitrogens with one attached hydrogen (secondary N) is 1. The van der Waals surface area contributed by atoms with Crippen LogP contribution >= 0.6 is 0 Å². The zero-order valence-electron chi connectivity index (χ0n) is 14.2. The summed E-state index contributed by atoms with van der Waals surface area (Å²) in [5, 5.41) is 2.79. The number of rotatable bonds is 6. The number of hydrogen-bond acceptors (Lipinski definition) is 4. The molecule has 1 N–H and O–H groups in total. The molecule has 0 radical (unpaired) electrons. The van der Waals surface area contributed by atoms with Crippen molar-refractivity contribution in [3.8, 4) is 5.75 Å². The first-order valence-electron chi connectivity index (χ1n) is 8.63. The highest BCUT2D eigenvalue weighted by molar-refractivity contribution is 6.05. The summed E-state index contributed by atoms with van der Waals surface area (Å²) in [7, 11) is 0. The van der Waals surface area contributed by atoms with Crippen molar-refractivity contribution >= 4 is 23.4 Å². The first-order valence-corrected chi connectivity index (χ1v) is 8.63. The van der Waals surface area contributed by atoms with Crippen LogP contribution in [0.3, 0.4) is 0 Å². The first-order chi connectivity index (χ1) is 12.1. The van der Waals surface area contributed by atoms with Gasteiger partial charge in [0.05, 0.1) is 24.1 Å². The summed E-state index contributed by atoms with van der Waals surface area (Å²) in [6.45, 7) is 2.49. The number of amides is 3. The predicted molar refractivity (Wildman–Crippen MR) is 92.9 cm³/mol. The van der Waals surface area contributed by atoms with Crippen LogP contribution < -0.4 is 10.1 Å². The lowest BCUT2D eigenvalue weighted by atomic mass is 9.85. The lowest BCUT2D eigenvalue weighted by Gasteiger charge is -2.15. The fourth-order valence-electron chi connectivity index (χ4n) is 3.37. The number of likely N-dealkylation sites (tertiary alicyclic amines) is 1. The Morgan fingerprint density at radius 2 is 1.80 bits per heavy atom. The lowest BCUT2D eigenvalue weighted by molar-refractivity contribution is -0.140. The molecule has 1 fully saturated rings. The van der Waals surface area contributed by atoms with E-state index in [0.717, 1.165) is 0 Å². The van der Waals surface area contributed by atoms with Gasteiger partial charge in [-0.2, -0.15) is 0 Å². The molecule has 1 heterocycles. The second-order valence-corrected chi connectivity index (χ2v) is 6.21. The molecule has 25 heavy (non-hydrogen) atoms. The monoisotopic (exact) mass is 342 g/mol. The fraction of sp³-hybridized carbons (Fsp3) is 0.421. The highest BCUT2D eigenvalue weighted by atomic mass is 16.5. The van der Waals surface area contributed by atoms with Crippen molar-refractivity contribution in [1.82, 2.24) is 4.90 Å². The van der Waals surface area contributed by atoms with E-state index in [1.165, 1.54) is 4.90 Å². The summed E-state index contributed by atoms with van der Waals surface area (Å²) < 4.78 is 5.47. The van der Waals surface area contributed by atoms with E-state index in [1.54, 1.807) is 12.1 Å². The number of nitrogens with zero attached hydrogens (tertiary/aromatic N) is 1. The zero-order valence-corrected chi connectivity index (χ0v) is 14.2. The second-order valence-electron chi connectivity index (χ2n) is 6.21. The highest BCUT2D eigenvalue weighted by Gasteiger charge is 2.46. The molecule has 0 unspecified atom stereocenters. The smallest absolute Gasteiger partial charge is 0.233 e. The Kier molecular flexibility index (Phi) is 5.16. The van der Waals surface area contributed by atoms with Gasteiger partial charge in [-0.1, -0.05) is 24.3 Å². The molecule has 132 valence electrons. The minimum Gasteiger partial charge on any atom is -0.492 e. The van der Waals surface area contributed by atoms with Gasteiger partial charge in [0.2, 0.25) is 17.7 Å². The minimum atomic E-state index is -0.251. The van der Waals surface area contributed by atoms with Crippen molar-refractivity contribution in [1.29, 1.82) is 0 Å². The molecular weight excluding hydrogens is 320 g/mol. The topological polar surface area (TPSA) is 75.7 Å². The van der Waals surface area contributed by atoms with E-state index in [4.69, 9.17) is 4.74 Å².